The van der Waals surface area contributed by atoms with Crippen molar-refractivity contribution < 1.29 is 17.9 Å². The number of aryl methyl sites for hydroxylation is 1. The summed E-state index contributed by atoms with van der Waals surface area (Å²) in [4.78, 5) is 14.6. The fourth-order valence-electron chi connectivity index (χ4n) is 3.23. The van der Waals surface area contributed by atoms with Gasteiger partial charge in [-0.25, -0.2) is 13.1 Å². The average molecular weight is 476 g/mol. The molecule has 0 radical (unpaired) electrons. The molecule has 0 N–H and O–H groups in total. The lowest BCUT2D eigenvalue weighted by atomic mass is 10.2. The number of carbonyl (C=O) groups is 1. The number of benzene rings is 2. The minimum absolute atomic E-state index is 0.0953. The van der Waals surface area contributed by atoms with Crippen molar-refractivity contribution in [3.8, 4) is 11.4 Å². The van der Waals surface area contributed by atoms with Gasteiger partial charge < -0.3 is 9.64 Å². The van der Waals surface area contributed by atoms with E-state index in [2.05, 4.69) is 5.10 Å². The lowest BCUT2D eigenvalue weighted by Crippen LogP contribution is -2.28. The molecule has 3 aromatic rings. The Labute approximate surface area is 193 Å². The Morgan fingerprint density at radius 1 is 1.16 bits per heavy atom. The Morgan fingerprint density at radius 3 is 2.44 bits per heavy atom. The summed E-state index contributed by atoms with van der Waals surface area (Å²) in [5, 5.41) is 5.06. The SMILES string of the molecule is Cc1nn(-c2ccc(C(=O)N(C)CCCOc3cccc(S(C)(=O)=O)c3)cc2)c(C)c1Cl. The van der Waals surface area contributed by atoms with Crippen LogP contribution in [0.5, 0.6) is 5.75 Å². The second-order valence-corrected chi connectivity index (χ2v) is 10.0. The third-order valence-electron chi connectivity index (χ3n) is 5.05. The van der Waals surface area contributed by atoms with Crippen molar-refractivity contribution >= 4 is 27.3 Å². The third-order valence-corrected chi connectivity index (χ3v) is 6.71. The van der Waals surface area contributed by atoms with Crippen molar-refractivity contribution in [1.82, 2.24) is 14.7 Å². The van der Waals surface area contributed by atoms with E-state index in [0.29, 0.717) is 35.9 Å². The summed E-state index contributed by atoms with van der Waals surface area (Å²) < 4.78 is 30.7. The zero-order valence-corrected chi connectivity index (χ0v) is 20.1. The van der Waals surface area contributed by atoms with Crippen LogP contribution in [0.2, 0.25) is 5.02 Å². The smallest absolute Gasteiger partial charge is 0.253 e. The molecule has 0 bridgehead atoms. The van der Waals surface area contributed by atoms with E-state index in [1.54, 1.807) is 40.9 Å². The number of carbonyl (C=O) groups excluding carboxylic acids is 1. The van der Waals surface area contributed by atoms with Gasteiger partial charge in [-0.2, -0.15) is 5.10 Å². The molecule has 0 spiro atoms. The van der Waals surface area contributed by atoms with Crippen LogP contribution in [-0.2, 0) is 9.84 Å². The minimum Gasteiger partial charge on any atom is -0.493 e. The van der Waals surface area contributed by atoms with E-state index in [1.807, 2.05) is 26.0 Å². The van der Waals surface area contributed by atoms with Crippen molar-refractivity contribution in [2.45, 2.75) is 25.2 Å². The number of sulfone groups is 1. The number of nitrogens with zero attached hydrogens (tertiary/aromatic N) is 3. The summed E-state index contributed by atoms with van der Waals surface area (Å²) in [7, 11) is -1.54. The molecular formula is C23H26ClN3O4S. The standard InChI is InChI=1S/C23H26ClN3O4S/c1-16-22(24)17(2)27(25-16)19-11-9-18(10-12-19)23(28)26(3)13-6-14-31-20-7-5-8-21(15-20)32(4,29)30/h5,7-12,15H,6,13-14H2,1-4H3. The Balaban J connectivity index is 1.54. The van der Waals surface area contributed by atoms with Crippen LogP contribution in [-0.4, -0.2) is 55.5 Å². The number of ether oxygens (including phenoxy) is 1. The van der Waals surface area contributed by atoms with Crippen LogP contribution in [0, 0.1) is 13.8 Å². The highest BCUT2D eigenvalue weighted by atomic mass is 35.5. The van der Waals surface area contributed by atoms with Crippen LogP contribution in [0.4, 0.5) is 0 Å². The summed E-state index contributed by atoms with van der Waals surface area (Å²) >= 11 is 6.22. The first-order valence-electron chi connectivity index (χ1n) is 10.1. The predicted octanol–water partition coefficient (Wildman–Crippen LogP) is 4.09. The van der Waals surface area contributed by atoms with Gasteiger partial charge in [0.25, 0.3) is 5.91 Å². The number of rotatable bonds is 8. The summed E-state index contributed by atoms with van der Waals surface area (Å²) in [5.74, 6) is 0.392. The maximum absolute atomic E-state index is 12.7. The molecule has 1 heterocycles. The van der Waals surface area contributed by atoms with E-state index < -0.39 is 9.84 Å². The van der Waals surface area contributed by atoms with Gasteiger partial charge in [0.2, 0.25) is 0 Å². The summed E-state index contributed by atoms with van der Waals surface area (Å²) in [6.45, 7) is 4.61. The minimum atomic E-state index is -3.28. The molecule has 7 nitrogen and oxygen atoms in total. The largest absolute Gasteiger partial charge is 0.493 e. The van der Waals surface area contributed by atoms with Crippen LogP contribution >= 0.6 is 11.6 Å². The molecule has 3 rings (SSSR count). The summed E-state index contributed by atoms with van der Waals surface area (Å²) in [5.41, 5.74) is 3.02. The van der Waals surface area contributed by atoms with E-state index in [4.69, 9.17) is 16.3 Å². The van der Waals surface area contributed by atoms with E-state index >= 15 is 0 Å². The first kappa shape index (κ1) is 23.8. The van der Waals surface area contributed by atoms with Crippen LogP contribution in [0.3, 0.4) is 0 Å². The van der Waals surface area contributed by atoms with Crippen molar-refractivity contribution in [2.75, 3.05) is 26.5 Å². The molecule has 1 aromatic heterocycles. The maximum atomic E-state index is 12.7. The van der Waals surface area contributed by atoms with Crippen molar-refractivity contribution in [3.05, 3.63) is 70.5 Å². The second-order valence-electron chi connectivity index (χ2n) is 7.62. The Kier molecular flexibility index (Phi) is 7.26. The molecule has 0 atom stereocenters. The number of hydrogen-bond acceptors (Lipinski definition) is 5. The quantitative estimate of drug-likeness (QED) is 0.458. The van der Waals surface area contributed by atoms with E-state index in [1.165, 1.54) is 12.1 Å². The molecule has 2 aromatic carbocycles. The highest BCUT2D eigenvalue weighted by molar-refractivity contribution is 7.90. The predicted molar refractivity (Wildman–Crippen MR) is 125 cm³/mol. The molecule has 32 heavy (non-hydrogen) atoms. The van der Waals surface area contributed by atoms with Crippen LogP contribution in [0.25, 0.3) is 5.69 Å². The third kappa shape index (κ3) is 5.49. The van der Waals surface area contributed by atoms with Crippen molar-refractivity contribution in [2.24, 2.45) is 0 Å². The zero-order chi connectivity index (χ0) is 23.5. The monoisotopic (exact) mass is 475 g/mol. The first-order chi connectivity index (χ1) is 15.1. The van der Waals surface area contributed by atoms with Crippen LogP contribution in [0.1, 0.15) is 28.2 Å². The van der Waals surface area contributed by atoms with Gasteiger partial charge in [-0.05, 0) is 62.7 Å². The molecule has 0 saturated carbocycles. The number of aromatic nitrogens is 2. The Hall–Kier alpha value is -2.84. The molecular weight excluding hydrogens is 450 g/mol. The van der Waals surface area contributed by atoms with E-state index in [-0.39, 0.29) is 10.8 Å². The van der Waals surface area contributed by atoms with Gasteiger partial charge in [-0.1, -0.05) is 17.7 Å². The van der Waals surface area contributed by atoms with Crippen molar-refractivity contribution in [3.63, 3.8) is 0 Å². The lowest BCUT2D eigenvalue weighted by Gasteiger charge is -2.17. The fraction of sp³-hybridized carbons (Fsp3) is 0.304. The number of halogens is 1. The summed E-state index contributed by atoms with van der Waals surface area (Å²) in [6.07, 6.45) is 1.76. The molecule has 1 amide bonds. The van der Waals surface area contributed by atoms with Gasteiger partial charge in [0.1, 0.15) is 5.75 Å². The number of amides is 1. The van der Waals surface area contributed by atoms with Gasteiger partial charge in [0.05, 0.1) is 33.6 Å². The highest BCUT2D eigenvalue weighted by Crippen LogP contribution is 2.23. The molecule has 0 unspecified atom stereocenters. The molecule has 0 aliphatic carbocycles. The second kappa shape index (κ2) is 9.75. The average Bonchev–Trinajstić information content (AvgIpc) is 3.03. The zero-order valence-electron chi connectivity index (χ0n) is 18.5. The highest BCUT2D eigenvalue weighted by Gasteiger charge is 2.14. The molecule has 0 aliphatic heterocycles. The topological polar surface area (TPSA) is 81.5 Å². The molecule has 170 valence electrons. The fourth-order valence-corrected chi connectivity index (χ4v) is 4.00. The molecule has 0 aliphatic rings. The van der Waals surface area contributed by atoms with Gasteiger partial charge >= 0.3 is 0 Å². The van der Waals surface area contributed by atoms with Gasteiger partial charge in [0.15, 0.2) is 9.84 Å². The normalized spacial score (nSPS) is 11.4. The van der Waals surface area contributed by atoms with Crippen LogP contribution < -0.4 is 4.74 Å². The Bertz CT molecular complexity index is 1220. The molecule has 0 fully saturated rings. The number of hydrogen-bond donors (Lipinski definition) is 0. The Morgan fingerprint density at radius 2 is 1.84 bits per heavy atom. The van der Waals surface area contributed by atoms with Crippen LogP contribution in [0.15, 0.2) is 53.4 Å². The van der Waals surface area contributed by atoms with E-state index in [9.17, 15) is 13.2 Å². The molecule has 0 saturated heterocycles. The first-order valence-corrected chi connectivity index (χ1v) is 12.4. The molecule has 9 heteroatoms. The van der Waals surface area contributed by atoms with E-state index in [0.717, 1.165) is 23.3 Å². The summed E-state index contributed by atoms with van der Waals surface area (Å²) in [6, 6.07) is 13.6. The maximum Gasteiger partial charge on any atom is 0.253 e. The lowest BCUT2D eigenvalue weighted by molar-refractivity contribution is 0.0788. The van der Waals surface area contributed by atoms with Gasteiger partial charge in [-0.15, -0.1) is 0 Å². The van der Waals surface area contributed by atoms with Gasteiger partial charge in [0, 0.05) is 25.4 Å². The van der Waals surface area contributed by atoms with Crippen molar-refractivity contribution in [1.29, 1.82) is 0 Å². The van der Waals surface area contributed by atoms with Gasteiger partial charge in [-0.3, -0.25) is 4.79 Å².